The fourth-order valence-electron chi connectivity index (χ4n) is 4.27. The molecule has 1 atom stereocenters. The summed E-state index contributed by atoms with van der Waals surface area (Å²) < 4.78 is 19.4. The molecular weight excluding hydrogens is 493 g/mol. The van der Waals surface area contributed by atoms with Crippen LogP contribution < -0.4 is 21.4 Å². The van der Waals surface area contributed by atoms with E-state index >= 15 is 0 Å². The number of hydrazine groups is 1. The van der Waals surface area contributed by atoms with Gasteiger partial charge in [0.15, 0.2) is 0 Å². The fraction of sp³-hybridized carbons (Fsp3) is 0.192. The van der Waals surface area contributed by atoms with Crippen molar-refractivity contribution in [2.24, 2.45) is 10.7 Å². The van der Waals surface area contributed by atoms with Gasteiger partial charge in [-0.15, -0.1) is 0 Å². The van der Waals surface area contributed by atoms with E-state index in [-0.39, 0.29) is 11.4 Å². The minimum Gasteiger partial charge on any atom is -0.378 e. The monoisotopic (exact) mass is 517 g/mol. The number of benzene rings is 2. The van der Waals surface area contributed by atoms with Crippen LogP contribution in [0.25, 0.3) is 0 Å². The van der Waals surface area contributed by atoms with Crippen molar-refractivity contribution in [2.75, 3.05) is 36.5 Å². The van der Waals surface area contributed by atoms with Crippen molar-refractivity contribution in [1.29, 1.82) is 0 Å². The highest BCUT2D eigenvalue weighted by Gasteiger charge is 2.35. The molecule has 5 rings (SSSR count). The molecule has 1 fully saturated rings. The molecule has 11 nitrogen and oxygen atoms in total. The molecular formula is C26H24FN7O4. The number of benzodiazepines with no additional fused rings is 1. The zero-order valence-corrected chi connectivity index (χ0v) is 20.1. The van der Waals surface area contributed by atoms with Gasteiger partial charge >= 0.3 is 6.03 Å². The van der Waals surface area contributed by atoms with Crippen LogP contribution in [0.2, 0.25) is 0 Å². The van der Waals surface area contributed by atoms with E-state index in [2.05, 4.69) is 20.7 Å². The van der Waals surface area contributed by atoms with Gasteiger partial charge in [-0.1, -0.05) is 48.5 Å². The molecule has 3 heterocycles. The number of para-hydroxylation sites is 1. The second kappa shape index (κ2) is 10.6. The van der Waals surface area contributed by atoms with Crippen LogP contribution in [0.15, 0.2) is 71.7 Å². The summed E-state index contributed by atoms with van der Waals surface area (Å²) in [5, 5.41) is 3.40. The number of ether oxygens (including phenoxy) is 1. The van der Waals surface area contributed by atoms with E-state index in [1.165, 1.54) is 6.07 Å². The van der Waals surface area contributed by atoms with Gasteiger partial charge in [0.25, 0.3) is 11.8 Å². The number of hydrogen-bond acceptors (Lipinski definition) is 7. The molecule has 194 valence electrons. The Morgan fingerprint density at radius 3 is 2.50 bits per heavy atom. The normalized spacial score (nSPS) is 17.0. The molecule has 0 saturated carbocycles. The highest BCUT2D eigenvalue weighted by molar-refractivity contribution is 6.19. The molecule has 2 aliphatic rings. The summed E-state index contributed by atoms with van der Waals surface area (Å²) in [6.45, 7) is 1.55. The predicted molar refractivity (Wildman–Crippen MR) is 137 cm³/mol. The quantitative estimate of drug-likeness (QED) is 0.356. The zero-order valence-electron chi connectivity index (χ0n) is 20.1. The van der Waals surface area contributed by atoms with Crippen LogP contribution in [0.3, 0.4) is 0 Å². The maximum Gasteiger partial charge on any atom is 0.336 e. The first-order chi connectivity index (χ1) is 18.4. The summed E-state index contributed by atoms with van der Waals surface area (Å²) >= 11 is 0. The summed E-state index contributed by atoms with van der Waals surface area (Å²) in [7, 11) is 0. The van der Waals surface area contributed by atoms with Crippen LogP contribution in [-0.2, 0) is 9.53 Å². The Labute approximate surface area is 217 Å². The number of pyridine rings is 1. The minimum absolute atomic E-state index is 0.0101. The first-order valence-corrected chi connectivity index (χ1v) is 11.8. The van der Waals surface area contributed by atoms with Crippen LogP contribution in [0.5, 0.6) is 0 Å². The van der Waals surface area contributed by atoms with Gasteiger partial charge in [-0.2, -0.15) is 4.39 Å². The van der Waals surface area contributed by atoms with E-state index in [1.807, 2.05) is 30.3 Å². The topological polar surface area (TPSA) is 142 Å². The summed E-state index contributed by atoms with van der Waals surface area (Å²) in [5.41, 5.74) is 10.2. The summed E-state index contributed by atoms with van der Waals surface area (Å²) in [6, 6.07) is 17.3. The minimum atomic E-state index is -1.54. The van der Waals surface area contributed by atoms with E-state index in [0.717, 1.165) is 6.07 Å². The first kappa shape index (κ1) is 24.8. The molecule has 1 saturated heterocycles. The number of nitrogens with zero attached hydrogens (tertiary/aromatic N) is 4. The molecule has 4 N–H and O–H groups in total. The average molecular weight is 518 g/mol. The number of carbonyl (C=O) groups is 3. The van der Waals surface area contributed by atoms with Crippen molar-refractivity contribution < 1.29 is 23.5 Å². The number of nitrogens with one attached hydrogen (secondary N) is 2. The largest absolute Gasteiger partial charge is 0.378 e. The fourth-order valence-corrected chi connectivity index (χ4v) is 4.27. The van der Waals surface area contributed by atoms with Gasteiger partial charge in [-0.25, -0.2) is 19.8 Å². The van der Waals surface area contributed by atoms with Crippen molar-refractivity contribution in [3.63, 3.8) is 0 Å². The standard InChI is InChI=1S/C26H24FN7O4/c27-20-11-10-18(22(30-20)33-12-14-38-15-13-33)24(35)32-34(26(28)37)23-25(36)29-19-9-5-4-8-17(19)21(31-23)16-6-2-1-3-7-16/h1-11,23H,12-15H2,(H2,28,37)(H,29,36)(H,32,35)/t23-/m0/s1. The van der Waals surface area contributed by atoms with Crippen LogP contribution >= 0.6 is 0 Å². The van der Waals surface area contributed by atoms with Crippen molar-refractivity contribution in [1.82, 2.24) is 15.4 Å². The number of urea groups is 1. The van der Waals surface area contributed by atoms with Gasteiger partial charge in [0.1, 0.15) is 5.82 Å². The predicted octanol–water partition coefficient (Wildman–Crippen LogP) is 1.90. The first-order valence-electron chi connectivity index (χ1n) is 11.8. The molecule has 0 spiro atoms. The Hall–Kier alpha value is -4.84. The van der Waals surface area contributed by atoms with Gasteiger partial charge in [0, 0.05) is 24.2 Å². The number of rotatable bonds is 4. The molecule has 2 aliphatic heterocycles. The van der Waals surface area contributed by atoms with Crippen LogP contribution in [-0.4, -0.2) is 66.0 Å². The Morgan fingerprint density at radius 2 is 1.76 bits per heavy atom. The molecule has 0 unspecified atom stereocenters. The lowest BCUT2D eigenvalue weighted by molar-refractivity contribution is -0.120. The molecule has 0 aliphatic carbocycles. The van der Waals surface area contributed by atoms with Gasteiger partial charge in [-0.05, 0) is 18.2 Å². The maximum atomic E-state index is 14.0. The molecule has 1 aromatic heterocycles. The van der Waals surface area contributed by atoms with E-state index in [4.69, 9.17) is 10.5 Å². The smallest absolute Gasteiger partial charge is 0.336 e. The number of anilines is 2. The zero-order chi connectivity index (χ0) is 26.6. The van der Waals surface area contributed by atoms with Crippen LogP contribution in [0.1, 0.15) is 21.5 Å². The van der Waals surface area contributed by atoms with Crippen LogP contribution in [0, 0.1) is 5.95 Å². The second-order valence-corrected chi connectivity index (χ2v) is 8.51. The maximum absolute atomic E-state index is 14.0. The summed E-state index contributed by atoms with van der Waals surface area (Å²) in [6.07, 6.45) is -1.54. The lowest BCUT2D eigenvalue weighted by Gasteiger charge is -2.30. The lowest BCUT2D eigenvalue weighted by Crippen LogP contribution is -2.57. The Balaban J connectivity index is 1.52. The van der Waals surface area contributed by atoms with Gasteiger partial charge in [-0.3, -0.25) is 15.0 Å². The molecule has 2 aromatic carbocycles. The Bertz CT molecular complexity index is 1410. The van der Waals surface area contributed by atoms with Crippen molar-refractivity contribution in [2.45, 2.75) is 6.17 Å². The molecule has 0 radical (unpaired) electrons. The number of aliphatic imine (C=N–C) groups is 1. The van der Waals surface area contributed by atoms with Gasteiger partial charge in [0.05, 0.1) is 30.2 Å². The number of fused-ring (bicyclic) bond motifs is 1. The van der Waals surface area contributed by atoms with E-state index < -0.39 is 30.0 Å². The lowest BCUT2D eigenvalue weighted by atomic mass is 10.0. The van der Waals surface area contributed by atoms with Gasteiger partial charge < -0.3 is 20.7 Å². The Morgan fingerprint density at radius 1 is 1.05 bits per heavy atom. The molecule has 38 heavy (non-hydrogen) atoms. The summed E-state index contributed by atoms with van der Waals surface area (Å²) in [4.78, 5) is 49.4. The van der Waals surface area contributed by atoms with Crippen molar-refractivity contribution >= 4 is 35.1 Å². The van der Waals surface area contributed by atoms with E-state index in [1.54, 1.807) is 29.2 Å². The SMILES string of the molecule is NC(=O)N(NC(=O)c1ccc(F)nc1N1CCOCC1)[C@@H]1N=C(c2ccccc2)c2ccccc2NC1=O. The van der Waals surface area contributed by atoms with Gasteiger partial charge in [0.2, 0.25) is 12.1 Å². The number of carbonyl (C=O) groups excluding carboxylic acids is 3. The van der Waals surface area contributed by atoms with E-state index in [0.29, 0.717) is 53.8 Å². The Kier molecular flexibility index (Phi) is 6.96. The highest BCUT2D eigenvalue weighted by Crippen LogP contribution is 2.25. The summed E-state index contributed by atoms with van der Waals surface area (Å²) in [5.74, 6) is -2.19. The van der Waals surface area contributed by atoms with Crippen LogP contribution in [0.4, 0.5) is 20.7 Å². The third-order valence-corrected chi connectivity index (χ3v) is 6.07. The molecule has 0 bridgehead atoms. The van der Waals surface area contributed by atoms with E-state index in [9.17, 15) is 18.8 Å². The second-order valence-electron chi connectivity index (χ2n) is 8.51. The number of aromatic nitrogens is 1. The number of morpholine rings is 1. The third kappa shape index (κ3) is 5.02. The molecule has 12 heteroatoms. The van der Waals surface area contributed by atoms with Crippen molar-refractivity contribution in [3.05, 3.63) is 89.4 Å². The number of amides is 4. The number of halogens is 1. The average Bonchev–Trinajstić information content (AvgIpc) is 3.08. The molecule has 3 aromatic rings. The molecule has 4 amide bonds. The van der Waals surface area contributed by atoms with Crippen molar-refractivity contribution in [3.8, 4) is 0 Å². The number of hydrogen-bond donors (Lipinski definition) is 3. The number of primary amides is 1. The number of nitrogens with two attached hydrogens (primary N) is 1. The third-order valence-electron chi connectivity index (χ3n) is 6.07. The highest BCUT2D eigenvalue weighted by atomic mass is 19.1.